The van der Waals surface area contributed by atoms with Crippen LogP contribution in [0.1, 0.15) is 54.1 Å². The van der Waals surface area contributed by atoms with Gasteiger partial charge in [-0.15, -0.1) is 0 Å². The minimum Gasteiger partial charge on any atom is -0.352 e. The lowest BCUT2D eigenvalue weighted by Crippen LogP contribution is -2.24. The van der Waals surface area contributed by atoms with Crippen molar-refractivity contribution in [1.82, 2.24) is 5.32 Å². The van der Waals surface area contributed by atoms with Crippen molar-refractivity contribution in [1.29, 1.82) is 0 Å². The van der Waals surface area contributed by atoms with E-state index < -0.39 is 0 Å². The third-order valence-electron chi connectivity index (χ3n) is 2.99. The molecule has 0 unspecified atom stereocenters. The molecule has 0 aliphatic rings. The molecule has 0 radical (unpaired) electrons. The Labute approximate surface area is 121 Å². The SMILES string of the molecule is CCCCCCNC(=O)c1cc(C)cc(C#CCN)c1. The largest absolute Gasteiger partial charge is 0.352 e. The molecule has 0 aromatic heterocycles. The number of carbonyl (C=O) groups excluding carboxylic acids is 1. The van der Waals surface area contributed by atoms with Gasteiger partial charge in [0.1, 0.15) is 0 Å². The number of nitrogens with two attached hydrogens (primary N) is 1. The van der Waals surface area contributed by atoms with Crippen LogP contribution in [0.5, 0.6) is 0 Å². The smallest absolute Gasteiger partial charge is 0.251 e. The van der Waals surface area contributed by atoms with Crippen LogP contribution in [0.3, 0.4) is 0 Å². The van der Waals surface area contributed by atoms with Crippen LogP contribution in [-0.2, 0) is 0 Å². The molecule has 0 aliphatic heterocycles. The Hall–Kier alpha value is -1.79. The van der Waals surface area contributed by atoms with E-state index in [0.717, 1.165) is 30.5 Å². The average molecular weight is 272 g/mol. The Morgan fingerprint density at radius 3 is 2.75 bits per heavy atom. The highest BCUT2D eigenvalue weighted by atomic mass is 16.1. The predicted octanol–water partition coefficient (Wildman–Crippen LogP) is 2.62. The fraction of sp³-hybridized carbons (Fsp3) is 0.471. The molecule has 1 aromatic rings. The predicted molar refractivity (Wildman–Crippen MR) is 83.6 cm³/mol. The summed E-state index contributed by atoms with van der Waals surface area (Å²) in [5.41, 5.74) is 7.91. The van der Waals surface area contributed by atoms with Crippen LogP contribution in [0.15, 0.2) is 18.2 Å². The van der Waals surface area contributed by atoms with Crippen molar-refractivity contribution in [2.45, 2.75) is 39.5 Å². The van der Waals surface area contributed by atoms with Crippen molar-refractivity contribution in [3.05, 3.63) is 34.9 Å². The van der Waals surface area contributed by atoms with E-state index in [-0.39, 0.29) is 5.91 Å². The maximum atomic E-state index is 12.1. The molecule has 1 aromatic carbocycles. The number of hydrogen-bond donors (Lipinski definition) is 2. The van der Waals surface area contributed by atoms with Gasteiger partial charge in [0.15, 0.2) is 0 Å². The van der Waals surface area contributed by atoms with Gasteiger partial charge in [-0.3, -0.25) is 4.79 Å². The summed E-state index contributed by atoms with van der Waals surface area (Å²) in [4.78, 5) is 12.1. The Kier molecular flexibility index (Phi) is 7.46. The lowest BCUT2D eigenvalue weighted by molar-refractivity contribution is 0.0953. The molecular formula is C17H24N2O. The monoisotopic (exact) mass is 272 g/mol. The molecule has 1 amide bonds. The number of benzene rings is 1. The number of nitrogens with one attached hydrogen (secondary N) is 1. The van der Waals surface area contributed by atoms with Gasteiger partial charge in [-0.25, -0.2) is 0 Å². The molecule has 1 rings (SSSR count). The van der Waals surface area contributed by atoms with Gasteiger partial charge in [-0.05, 0) is 37.1 Å². The number of carbonyl (C=O) groups is 1. The molecule has 0 fully saturated rings. The fourth-order valence-electron chi connectivity index (χ4n) is 2.00. The zero-order valence-corrected chi connectivity index (χ0v) is 12.5. The maximum Gasteiger partial charge on any atom is 0.251 e. The first-order valence-corrected chi connectivity index (χ1v) is 7.26. The van der Waals surface area contributed by atoms with Gasteiger partial charge in [-0.2, -0.15) is 0 Å². The minimum atomic E-state index is -0.0269. The molecule has 0 heterocycles. The third kappa shape index (κ3) is 5.90. The van der Waals surface area contributed by atoms with E-state index in [1.165, 1.54) is 12.8 Å². The van der Waals surface area contributed by atoms with Gasteiger partial charge in [-0.1, -0.05) is 38.0 Å². The Bertz CT molecular complexity index is 497. The van der Waals surface area contributed by atoms with Crippen molar-refractivity contribution in [3.63, 3.8) is 0 Å². The Balaban J connectivity index is 2.61. The van der Waals surface area contributed by atoms with Crippen LogP contribution >= 0.6 is 0 Å². The summed E-state index contributed by atoms with van der Waals surface area (Å²) in [5.74, 6) is 5.75. The molecule has 0 saturated heterocycles. The van der Waals surface area contributed by atoms with Gasteiger partial charge in [0.2, 0.25) is 0 Å². The summed E-state index contributed by atoms with van der Waals surface area (Å²) in [6, 6.07) is 5.66. The van der Waals surface area contributed by atoms with E-state index in [2.05, 4.69) is 24.1 Å². The van der Waals surface area contributed by atoms with E-state index >= 15 is 0 Å². The second kappa shape index (κ2) is 9.17. The number of aryl methyl sites for hydroxylation is 1. The van der Waals surface area contributed by atoms with Crippen molar-refractivity contribution < 1.29 is 4.79 Å². The summed E-state index contributed by atoms with van der Waals surface area (Å²) in [6.07, 6.45) is 4.62. The lowest BCUT2D eigenvalue weighted by Gasteiger charge is -2.06. The molecule has 0 aliphatic carbocycles. The molecule has 20 heavy (non-hydrogen) atoms. The van der Waals surface area contributed by atoms with E-state index in [1.54, 1.807) is 0 Å². The van der Waals surface area contributed by atoms with E-state index in [4.69, 9.17) is 5.73 Å². The van der Waals surface area contributed by atoms with Crippen LogP contribution in [0.2, 0.25) is 0 Å². The van der Waals surface area contributed by atoms with Crippen molar-refractivity contribution >= 4 is 5.91 Å². The first-order chi connectivity index (χ1) is 9.67. The number of hydrogen-bond acceptors (Lipinski definition) is 2. The van der Waals surface area contributed by atoms with Crippen LogP contribution in [0.4, 0.5) is 0 Å². The van der Waals surface area contributed by atoms with E-state index in [9.17, 15) is 4.79 Å². The van der Waals surface area contributed by atoms with E-state index in [1.807, 2.05) is 25.1 Å². The average Bonchev–Trinajstić information content (AvgIpc) is 2.44. The molecule has 3 nitrogen and oxygen atoms in total. The molecule has 3 N–H and O–H groups in total. The molecule has 3 heteroatoms. The standard InChI is InChI=1S/C17H24N2O/c1-3-4-5-6-10-19-17(20)16-12-14(2)11-15(13-16)8-7-9-18/h11-13H,3-6,9-10,18H2,1-2H3,(H,19,20). The Morgan fingerprint density at radius 1 is 1.25 bits per heavy atom. The number of unbranched alkanes of at least 4 members (excludes halogenated alkanes) is 3. The van der Waals surface area contributed by atoms with Crippen LogP contribution in [-0.4, -0.2) is 19.0 Å². The second-order valence-corrected chi connectivity index (χ2v) is 4.91. The molecular weight excluding hydrogens is 248 g/mol. The molecule has 0 spiro atoms. The number of amides is 1. The van der Waals surface area contributed by atoms with Crippen LogP contribution in [0, 0.1) is 18.8 Å². The normalized spacial score (nSPS) is 9.75. The zero-order chi connectivity index (χ0) is 14.8. The first-order valence-electron chi connectivity index (χ1n) is 7.26. The fourth-order valence-corrected chi connectivity index (χ4v) is 2.00. The minimum absolute atomic E-state index is 0.0269. The summed E-state index contributed by atoms with van der Waals surface area (Å²) in [7, 11) is 0. The summed E-state index contributed by atoms with van der Waals surface area (Å²) in [6.45, 7) is 5.20. The van der Waals surface area contributed by atoms with E-state index in [0.29, 0.717) is 12.1 Å². The molecule has 0 saturated carbocycles. The van der Waals surface area contributed by atoms with Crippen molar-refractivity contribution in [2.75, 3.05) is 13.1 Å². The molecule has 0 atom stereocenters. The lowest BCUT2D eigenvalue weighted by atomic mass is 10.1. The van der Waals surface area contributed by atoms with Gasteiger partial charge < -0.3 is 11.1 Å². The maximum absolute atomic E-state index is 12.1. The van der Waals surface area contributed by atoms with Crippen LogP contribution in [0.25, 0.3) is 0 Å². The third-order valence-corrected chi connectivity index (χ3v) is 2.99. The number of rotatable bonds is 6. The summed E-state index contributed by atoms with van der Waals surface area (Å²) in [5, 5.41) is 2.96. The Morgan fingerprint density at radius 2 is 2.05 bits per heavy atom. The van der Waals surface area contributed by atoms with Gasteiger partial charge >= 0.3 is 0 Å². The second-order valence-electron chi connectivity index (χ2n) is 4.91. The van der Waals surface area contributed by atoms with Crippen molar-refractivity contribution in [2.24, 2.45) is 5.73 Å². The molecule has 0 bridgehead atoms. The first kappa shape index (κ1) is 16.3. The topological polar surface area (TPSA) is 55.1 Å². The highest BCUT2D eigenvalue weighted by Crippen LogP contribution is 2.09. The highest BCUT2D eigenvalue weighted by molar-refractivity contribution is 5.94. The van der Waals surface area contributed by atoms with Gasteiger partial charge in [0.25, 0.3) is 5.91 Å². The summed E-state index contributed by atoms with van der Waals surface area (Å²) < 4.78 is 0. The van der Waals surface area contributed by atoms with Gasteiger partial charge in [0.05, 0.1) is 6.54 Å². The van der Waals surface area contributed by atoms with Gasteiger partial charge in [0, 0.05) is 17.7 Å². The highest BCUT2D eigenvalue weighted by Gasteiger charge is 2.06. The zero-order valence-electron chi connectivity index (χ0n) is 12.5. The molecule has 108 valence electrons. The van der Waals surface area contributed by atoms with Crippen molar-refractivity contribution in [3.8, 4) is 11.8 Å². The summed E-state index contributed by atoms with van der Waals surface area (Å²) >= 11 is 0. The quantitative estimate of drug-likeness (QED) is 0.618. The van der Waals surface area contributed by atoms with Crippen LogP contribution < -0.4 is 11.1 Å².